The number of aromatic nitrogens is 2. The molecule has 0 aliphatic carbocycles. The van der Waals surface area contributed by atoms with Crippen LogP contribution in [-0.2, 0) is 21.4 Å². The van der Waals surface area contributed by atoms with Crippen molar-refractivity contribution in [1.82, 2.24) is 19.6 Å². The van der Waals surface area contributed by atoms with Gasteiger partial charge in [0.25, 0.3) is 0 Å². The standard InChI is InChI=1S/C21H33N5O4/c1-3-30-21(29)17-14-22-24(2)19(17)23-18(27)15-25-12-8-16(9-13-25)20(28)26-10-6-4-5-7-11-26/h14,16H,3-13,15H2,1-2H3,(H,23,27). The molecule has 0 bridgehead atoms. The summed E-state index contributed by atoms with van der Waals surface area (Å²) in [6.07, 6.45) is 7.59. The molecular weight excluding hydrogens is 386 g/mol. The van der Waals surface area contributed by atoms with Crippen LogP contribution in [0.5, 0.6) is 0 Å². The highest BCUT2D eigenvalue weighted by atomic mass is 16.5. The molecule has 1 N–H and O–H groups in total. The van der Waals surface area contributed by atoms with Crippen LogP contribution in [-0.4, -0.2) is 76.7 Å². The molecule has 166 valence electrons. The number of nitrogens with one attached hydrogen (secondary N) is 1. The number of ether oxygens (including phenoxy) is 1. The van der Waals surface area contributed by atoms with Crippen LogP contribution in [0.3, 0.4) is 0 Å². The Morgan fingerprint density at radius 3 is 2.40 bits per heavy atom. The largest absolute Gasteiger partial charge is 0.462 e. The minimum absolute atomic E-state index is 0.0647. The summed E-state index contributed by atoms with van der Waals surface area (Å²) >= 11 is 0. The second-order valence-corrected chi connectivity index (χ2v) is 8.09. The molecule has 30 heavy (non-hydrogen) atoms. The molecule has 1 aromatic heterocycles. The molecule has 2 amide bonds. The minimum Gasteiger partial charge on any atom is -0.462 e. The zero-order chi connectivity index (χ0) is 21.5. The van der Waals surface area contributed by atoms with E-state index in [1.165, 1.54) is 23.7 Å². The highest BCUT2D eigenvalue weighted by Gasteiger charge is 2.29. The molecular formula is C21H33N5O4. The van der Waals surface area contributed by atoms with Gasteiger partial charge < -0.3 is 15.0 Å². The van der Waals surface area contributed by atoms with E-state index in [0.717, 1.165) is 38.8 Å². The van der Waals surface area contributed by atoms with Gasteiger partial charge in [0.15, 0.2) is 0 Å². The van der Waals surface area contributed by atoms with Gasteiger partial charge in [0, 0.05) is 26.1 Å². The normalized spacial score (nSPS) is 18.7. The number of carbonyl (C=O) groups excluding carboxylic acids is 3. The van der Waals surface area contributed by atoms with Gasteiger partial charge in [-0.25, -0.2) is 4.79 Å². The van der Waals surface area contributed by atoms with Crippen LogP contribution in [0.4, 0.5) is 5.82 Å². The molecule has 2 fully saturated rings. The van der Waals surface area contributed by atoms with Crippen molar-refractivity contribution >= 4 is 23.6 Å². The van der Waals surface area contributed by atoms with Crippen molar-refractivity contribution in [3.05, 3.63) is 11.8 Å². The van der Waals surface area contributed by atoms with Gasteiger partial charge in [-0.05, 0) is 45.7 Å². The van der Waals surface area contributed by atoms with E-state index in [1.807, 2.05) is 4.90 Å². The molecule has 3 heterocycles. The Bertz CT molecular complexity index is 747. The monoisotopic (exact) mass is 419 g/mol. The van der Waals surface area contributed by atoms with Crippen molar-refractivity contribution in [2.75, 3.05) is 44.6 Å². The maximum Gasteiger partial charge on any atom is 0.343 e. The fraction of sp³-hybridized carbons (Fsp3) is 0.714. The molecule has 0 atom stereocenters. The lowest BCUT2D eigenvalue weighted by Gasteiger charge is -2.33. The van der Waals surface area contributed by atoms with E-state index >= 15 is 0 Å². The first kappa shape index (κ1) is 22.3. The second-order valence-electron chi connectivity index (χ2n) is 8.09. The van der Waals surface area contributed by atoms with Crippen molar-refractivity contribution in [2.24, 2.45) is 13.0 Å². The number of hydrogen-bond acceptors (Lipinski definition) is 6. The van der Waals surface area contributed by atoms with Crippen LogP contribution >= 0.6 is 0 Å². The summed E-state index contributed by atoms with van der Waals surface area (Å²) in [5.74, 6) is -0.0234. The zero-order valence-corrected chi connectivity index (χ0v) is 18.1. The second kappa shape index (κ2) is 10.6. The van der Waals surface area contributed by atoms with E-state index in [9.17, 15) is 14.4 Å². The van der Waals surface area contributed by atoms with Crippen LogP contribution < -0.4 is 5.32 Å². The van der Waals surface area contributed by atoms with Gasteiger partial charge in [-0.15, -0.1) is 0 Å². The molecule has 2 aliphatic heterocycles. The van der Waals surface area contributed by atoms with E-state index in [1.54, 1.807) is 14.0 Å². The maximum absolute atomic E-state index is 12.8. The summed E-state index contributed by atoms with van der Waals surface area (Å²) in [6.45, 7) is 5.41. The molecule has 0 saturated carbocycles. The molecule has 1 aromatic rings. The Kier molecular flexibility index (Phi) is 7.84. The summed E-state index contributed by atoms with van der Waals surface area (Å²) in [7, 11) is 1.66. The third-order valence-electron chi connectivity index (χ3n) is 5.91. The van der Waals surface area contributed by atoms with E-state index < -0.39 is 5.97 Å². The summed E-state index contributed by atoms with van der Waals surface area (Å²) in [4.78, 5) is 41.5. The van der Waals surface area contributed by atoms with Crippen LogP contribution in [0.1, 0.15) is 55.8 Å². The van der Waals surface area contributed by atoms with Crippen molar-refractivity contribution in [2.45, 2.75) is 45.4 Å². The summed E-state index contributed by atoms with van der Waals surface area (Å²) < 4.78 is 6.47. The molecule has 3 rings (SSSR count). The molecule has 9 heteroatoms. The number of anilines is 1. The molecule has 2 aliphatic rings. The molecule has 0 radical (unpaired) electrons. The molecule has 0 spiro atoms. The summed E-state index contributed by atoms with van der Waals surface area (Å²) in [6, 6.07) is 0. The maximum atomic E-state index is 12.8. The molecule has 0 unspecified atom stereocenters. The lowest BCUT2D eigenvalue weighted by Crippen LogP contribution is -2.44. The van der Waals surface area contributed by atoms with Gasteiger partial charge in [0.05, 0.1) is 19.3 Å². The van der Waals surface area contributed by atoms with Gasteiger partial charge in [-0.2, -0.15) is 5.10 Å². The Hall–Kier alpha value is -2.42. The number of esters is 1. The van der Waals surface area contributed by atoms with Crippen LogP contribution in [0, 0.1) is 5.92 Å². The Balaban J connectivity index is 1.48. The van der Waals surface area contributed by atoms with Crippen molar-refractivity contribution in [3.8, 4) is 0 Å². The highest BCUT2D eigenvalue weighted by molar-refractivity contribution is 6.00. The van der Waals surface area contributed by atoms with Gasteiger partial charge in [-0.1, -0.05) is 12.8 Å². The number of hydrogen-bond donors (Lipinski definition) is 1. The molecule has 2 saturated heterocycles. The summed E-state index contributed by atoms with van der Waals surface area (Å²) in [5.41, 5.74) is 0.245. The van der Waals surface area contributed by atoms with Crippen molar-refractivity contribution in [3.63, 3.8) is 0 Å². The average Bonchev–Trinajstić information content (AvgIpc) is 2.93. The number of piperidine rings is 1. The Labute approximate surface area is 177 Å². The van der Waals surface area contributed by atoms with E-state index in [0.29, 0.717) is 18.9 Å². The lowest BCUT2D eigenvalue weighted by atomic mass is 9.95. The smallest absolute Gasteiger partial charge is 0.343 e. The number of nitrogens with zero attached hydrogens (tertiary/aromatic N) is 4. The third-order valence-corrected chi connectivity index (χ3v) is 5.91. The van der Waals surface area contributed by atoms with Gasteiger partial charge in [0.1, 0.15) is 11.4 Å². The predicted octanol–water partition coefficient (Wildman–Crippen LogP) is 1.65. The van der Waals surface area contributed by atoms with E-state index in [-0.39, 0.29) is 36.4 Å². The minimum atomic E-state index is -0.506. The average molecular weight is 420 g/mol. The topological polar surface area (TPSA) is 96.8 Å². The lowest BCUT2D eigenvalue weighted by molar-refractivity contribution is -0.137. The SMILES string of the molecule is CCOC(=O)c1cnn(C)c1NC(=O)CN1CCC(C(=O)N2CCCCCC2)CC1. The first-order chi connectivity index (χ1) is 14.5. The van der Waals surface area contributed by atoms with E-state index in [2.05, 4.69) is 15.3 Å². The van der Waals surface area contributed by atoms with Gasteiger partial charge >= 0.3 is 5.97 Å². The number of rotatable bonds is 6. The molecule has 0 aromatic carbocycles. The van der Waals surface area contributed by atoms with Gasteiger partial charge in [-0.3, -0.25) is 19.2 Å². The fourth-order valence-corrected chi connectivity index (χ4v) is 4.21. The van der Waals surface area contributed by atoms with Crippen molar-refractivity contribution < 1.29 is 19.1 Å². The number of aryl methyl sites for hydroxylation is 1. The Morgan fingerprint density at radius 2 is 1.77 bits per heavy atom. The third kappa shape index (κ3) is 5.59. The Morgan fingerprint density at radius 1 is 1.10 bits per heavy atom. The van der Waals surface area contributed by atoms with E-state index in [4.69, 9.17) is 4.74 Å². The quantitative estimate of drug-likeness (QED) is 0.705. The first-order valence-electron chi connectivity index (χ1n) is 11.0. The number of carbonyl (C=O) groups is 3. The van der Waals surface area contributed by atoms with Crippen LogP contribution in [0.2, 0.25) is 0 Å². The number of likely N-dealkylation sites (tertiary alicyclic amines) is 2. The zero-order valence-electron chi connectivity index (χ0n) is 18.1. The summed E-state index contributed by atoms with van der Waals surface area (Å²) in [5, 5.41) is 6.83. The van der Waals surface area contributed by atoms with Crippen LogP contribution in [0.15, 0.2) is 6.20 Å². The number of amides is 2. The highest BCUT2D eigenvalue weighted by Crippen LogP contribution is 2.22. The van der Waals surface area contributed by atoms with Crippen LogP contribution in [0.25, 0.3) is 0 Å². The fourth-order valence-electron chi connectivity index (χ4n) is 4.21. The van der Waals surface area contributed by atoms with Crippen molar-refractivity contribution in [1.29, 1.82) is 0 Å². The first-order valence-corrected chi connectivity index (χ1v) is 11.0. The molecule has 9 nitrogen and oxygen atoms in total. The predicted molar refractivity (Wildman–Crippen MR) is 112 cm³/mol. The van der Waals surface area contributed by atoms with Gasteiger partial charge in [0.2, 0.25) is 11.8 Å².